The molecule has 1 fully saturated rings. The Morgan fingerprint density at radius 3 is 2.68 bits per heavy atom. The maximum atomic E-state index is 12.6. The van der Waals surface area contributed by atoms with Crippen LogP contribution in [0.5, 0.6) is 0 Å². The first-order valence-corrected chi connectivity index (χ1v) is 11.0. The molecule has 2 aromatic rings. The molecule has 2 heterocycles. The van der Waals surface area contributed by atoms with Gasteiger partial charge in [-0.15, -0.1) is 4.40 Å². The number of amides is 1. The van der Waals surface area contributed by atoms with Crippen molar-refractivity contribution in [2.24, 2.45) is 10.3 Å². The Kier molecular flexibility index (Phi) is 5.17. The Morgan fingerprint density at radius 1 is 1.11 bits per heavy atom. The molecule has 4 rings (SSSR count). The number of rotatable bonds is 4. The second-order valence-electron chi connectivity index (χ2n) is 7.20. The van der Waals surface area contributed by atoms with Gasteiger partial charge in [-0.05, 0) is 37.0 Å². The van der Waals surface area contributed by atoms with Gasteiger partial charge in [-0.25, -0.2) is 0 Å². The van der Waals surface area contributed by atoms with E-state index in [4.69, 9.17) is 0 Å². The van der Waals surface area contributed by atoms with Crippen LogP contribution in [0.15, 0.2) is 63.9 Å². The molecule has 0 unspecified atom stereocenters. The molecule has 1 atom stereocenters. The Morgan fingerprint density at radius 2 is 1.86 bits per heavy atom. The van der Waals surface area contributed by atoms with Gasteiger partial charge in [-0.2, -0.15) is 8.42 Å². The molecule has 7 heteroatoms. The summed E-state index contributed by atoms with van der Waals surface area (Å²) in [5.41, 5.74) is 1.82. The van der Waals surface area contributed by atoms with E-state index in [0.29, 0.717) is 31.0 Å². The monoisotopic (exact) mass is 397 g/mol. The first-order valence-electron chi connectivity index (χ1n) is 9.55. The average molecular weight is 398 g/mol. The van der Waals surface area contributed by atoms with Crippen LogP contribution < -0.4 is 5.32 Å². The molecule has 0 saturated carbocycles. The number of carbonyl (C=O) groups is 1. The fourth-order valence-corrected chi connectivity index (χ4v) is 5.05. The summed E-state index contributed by atoms with van der Waals surface area (Å²) in [5.74, 6) is 0.329. The van der Waals surface area contributed by atoms with E-state index in [-0.39, 0.29) is 16.7 Å². The molecule has 28 heavy (non-hydrogen) atoms. The predicted molar refractivity (Wildman–Crippen MR) is 108 cm³/mol. The molecule has 0 bridgehead atoms. The number of fused-ring (bicyclic) bond motifs is 1. The van der Waals surface area contributed by atoms with Crippen molar-refractivity contribution in [1.29, 1.82) is 0 Å². The number of hydrogen-bond donors (Lipinski definition) is 1. The summed E-state index contributed by atoms with van der Waals surface area (Å²) in [6.07, 6.45) is 2.43. The quantitative estimate of drug-likeness (QED) is 0.858. The van der Waals surface area contributed by atoms with Crippen LogP contribution in [0.3, 0.4) is 0 Å². The van der Waals surface area contributed by atoms with Crippen molar-refractivity contribution in [3.8, 4) is 0 Å². The number of amidine groups is 1. The molecular weight excluding hydrogens is 374 g/mol. The van der Waals surface area contributed by atoms with Gasteiger partial charge in [0, 0.05) is 25.2 Å². The number of piperidine rings is 1. The third-order valence-electron chi connectivity index (χ3n) is 5.26. The fraction of sp³-hybridized carbons (Fsp3) is 0.333. The van der Waals surface area contributed by atoms with E-state index in [9.17, 15) is 13.2 Å². The standard InChI is InChI=1S/C21H23N3O3S/c25-21(22-13-12-16-7-2-1-3-8-16)17-9-6-14-24(15-17)20-18-10-4-5-11-19(18)28(26,27)23-20/h1-5,7-8,10-11,17H,6,9,12-15H2,(H,22,25)/t17-/m0/s1. The van der Waals surface area contributed by atoms with Gasteiger partial charge in [-0.1, -0.05) is 42.5 Å². The smallest absolute Gasteiger partial charge is 0.285 e. The summed E-state index contributed by atoms with van der Waals surface area (Å²) in [5, 5.41) is 3.02. The van der Waals surface area contributed by atoms with Crippen molar-refractivity contribution < 1.29 is 13.2 Å². The maximum absolute atomic E-state index is 12.6. The largest absolute Gasteiger partial charge is 0.355 e. The zero-order chi connectivity index (χ0) is 19.6. The Labute approximate surface area is 165 Å². The lowest BCUT2D eigenvalue weighted by atomic mass is 9.96. The number of nitrogens with one attached hydrogen (secondary N) is 1. The lowest BCUT2D eigenvalue weighted by molar-refractivity contribution is -0.126. The SMILES string of the molecule is O=C(NCCc1ccccc1)[C@H]1CCCN(C2=NS(=O)(=O)c3ccccc32)C1. The minimum Gasteiger partial charge on any atom is -0.355 e. The third kappa shape index (κ3) is 3.80. The Bertz CT molecular complexity index is 1000. The normalized spacial score (nSPS) is 20.4. The highest BCUT2D eigenvalue weighted by Gasteiger charge is 2.35. The molecule has 146 valence electrons. The summed E-state index contributed by atoms with van der Waals surface area (Å²) in [6, 6.07) is 16.9. The molecule has 2 aliphatic heterocycles. The van der Waals surface area contributed by atoms with Crippen LogP contribution in [0, 0.1) is 5.92 Å². The molecule has 0 aliphatic carbocycles. The van der Waals surface area contributed by atoms with Crippen LogP contribution in [0.25, 0.3) is 0 Å². The third-order valence-corrected chi connectivity index (χ3v) is 6.59. The fourth-order valence-electron chi connectivity index (χ4n) is 3.82. The topological polar surface area (TPSA) is 78.8 Å². The molecule has 2 aliphatic rings. The van der Waals surface area contributed by atoms with Crippen LogP contribution in [0.4, 0.5) is 0 Å². The van der Waals surface area contributed by atoms with Crippen LogP contribution in [0.2, 0.25) is 0 Å². The number of nitrogens with zero attached hydrogens (tertiary/aromatic N) is 2. The summed E-state index contributed by atoms with van der Waals surface area (Å²) in [4.78, 5) is 14.8. The van der Waals surface area contributed by atoms with E-state index in [1.807, 2.05) is 41.3 Å². The van der Waals surface area contributed by atoms with Gasteiger partial charge in [-0.3, -0.25) is 4.79 Å². The average Bonchev–Trinajstić information content (AvgIpc) is 3.00. The zero-order valence-electron chi connectivity index (χ0n) is 15.5. The molecule has 0 spiro atoms. The Hall–Kier alpha value is -2.67. The minimum absolute atomic E-state index is 0.0235. The van der Waals surface area contributed by atoms with Crippen molar-refractivity contribution in [3.05, 3.63) is 65.7 Å². The zero-order valence-corrected chi connectivity index (χ0v) is 16.4. The van der Waals surface area contributed by atoms with Crippen LogP contribution in [-0.2, 0) is 21.2 Å². The molecule has 2 aromatic carbocycles. The van der Waals surface area contributed by atoms with E-state index in [0.717, 1.165) is 19.3 Å². The van der Waals surface area contributed by atoms with Crippen molar-refractivity contribution in [2.45, 2.75) is 24.2 Å². The van der Waals surface area contributed by atoms with E-state index in [2.05, 4.69) is 9.71 Å². The van der Waals surface area contributed by atoms with E-state index in [1.165, 1.54) is 5.56 Å². The molecular formula is C21H23N3O3S. The van der Waals surface area contributed by atoms with Crippen molar-refractivity contribution >= 4 is 21.8 Å². The van der Waals surface area contributed by atoms with Crippen molar-refractivity contribution in [2.75, 3.05) is 19.6 Å². The van der Waals surface area contributed by atoms with Crippen molar-refractivity contribution in [3.63, 3.8) is 0 Å². The first kappa shape index (κ1) is 18.7. The van der Waals surface area contributed by atoms with E-state index < -0.39 is 10.0 Å². The van der Waals surface area contributed by atoms with Gasteiger partial charge in [0.15, 0.2) is 5.84 Å². The summed E-state index contributed by atoms with van der Waals surface area (Å²) in [6.45, 7) is 1.79. The number of likely N-dealkylation sites (tertiary alicyclic amines) is 1. The first-order chi connectivity index (χ1) is 13.5. The van der Waals surface area contributed by atoms with Gasteiger partial charge in [0.2, 0.25) is 5.91 Å². The molecule has 0 aromatic heterocycles. The van der Waals surface area contributed by atoms with Gasteiger partial charge < -0.3 is 10.2 Å². The summed E-state index contributed by atoms with van der Waals surface area (Å²) in [7, 11) is -3.64. The maximum Gasteiger partial charge on any atom is 0.285 e. The van der Waals surface area contributed by atoms with E-state index >= 15 is 0 Å². The van der Waals surface area contributed by atoms with Crippen LogP contribution >= 0.6 is 0 Å². The number of sulfonamides is 1. The summed E-state index contributed by atoms with van der Waals surface area (Å²) < 4.78 is 28.6. The number of benzene rings is 2. The predicted octanol–water partition coefficient (Wildman–Crippen LogP) is 2.21. The molecule has 0 radical (unpaired) electrons. The molecule has 1 N–H and O–H groups in total. The van der Waals surface area contributed by atoms with Gasteiger partial charge in [0.25, 0.3) is 10.0 Å². The molecule has 1 amide bonds. The Balaban J connectivity index is 1.40. The van der Waals surface area contributed by atoms with Gasteiger partial charge >= 0.3 is 0 Å². The molecule has 1 saturated heterocycles. The highest BCUT2D eigenvalue weighted by atomic mass is 32.2. The molecule has 6 nitrogen and oxygen atoms in total. The minimum atomic E-state index is -3.64. The number of carbonyl (C=O) groups excluding carboxylic acids is 1. The highest BCUT2D eigenvalue weighted by molar-refractivity contribution is 7.90. The van der Waals surface area contributed by atoms with Crippen molar-refractivity contribution in [1.82, 2.24) is 10.2 Å². The number of hydrogen-bond acceptors (Lipinski definition) is 4. The summed E-state index contributed by atoms with van der Waals surface area (Å²) >= 11 is 0. The van der Waals surface area contributed by atoms with Crippen LogP contribution in [0.1, 0.15) is 24.0 Å². The second kappa shape index (κ2) is 7.75. The highest BCUT2D eigenvalue weighted by Crippen LogP contribution is 2.29. The van der Waals surface area contributed by atoms with E-state index in [1.54, 1.807) is 18.2 Å². The van der Waals surface area contributed by atoms with Gasteiger partial charge in [0.1, 0.15) is 4.90 Å². The van der Waals surface area contributed by atoms with Crippen LogP contribution in [-0.4, -0.2) is 44.7 Å². The lowest BCUT2D eigenvalue weighted by Crippen LogP contribution is -2.45. The second-order valence-corrected chi connectivity index (χ2v) is 8.77. The lowest BCUT2D eigenvalue weighted by Gasteiger charge is -2.33. The van der Waals surface area contributed by atoms with Gasteiger partial charge in [0.05, 0.1) is 5.92 Å².